The molecule has 2 aliphatic rings. The van der Waals surface area contributed by atoms with Gasteiger partial charge in [-0.2, -0.15) is 0 Å². The zero-order chi connectivity index (χ0) is 28.1. The van der Waals surface area contributed by atoms with Crippen molar-refractivity contribution in [1.82, 2.24) is 0 Å². The maximum Gasteiger partial charge on any atom is 0.248 e. The standard InChI is InChI=1S/C35H34F2NO/c1-19(2)14-26-27-17-24(23-10-12-35(36,37)18-23)16-22-11-13-38(5)33(31(22)27)32(26)30-21(4)20(3)15-28-25-8-6-7-9-29(25)39-34(28)30/h6-9,11,13,15-17,19,23H,10,12,14,18H2,1-5H3/q+1/i13D. The summed E-state index contributed by atoms with van der Waals surface area (Å²) in [7, 11) is 1.96. The van der Waals surface area contributed by atoms with E-state index in [1.54, 1.807) is 0 Å². The van der Waals surface area contributed by atoms with Gasteiger partial charge in [0.2, 0.25) is 11.6 Å². The number of pyridine rings is 1. The van der Waals surface area contributed by atoms with Crippen LogP contribution in [0.25, 0.3) is 43.9 Å². The van der Waals surface area contributed by atoms with Crippen molar-refractivity contribution in [2.24, 2.45) is 13.0 Å². The molecule has 0 bridgehead atoms. The largest absolute Gasteiger partial charge is 0.455 e. The number of furan rings is 1. The Morgan fingerprint density at radius 1 is 1.10 bits per heavy atom. The van der Waals surface area contributed by atoms with Gasteiger partial charge in [-0.3, -0.25) is 0 Å². The molecule has 1 unspecified atom stereocenters. The lowest BCUT2D eigenvalue weighted by molar-refractivity contribution is -0.672. The number of hydrogen-bond acceptors (Lipinski definition) is 1. The van der Waals surface area contributed by atoms with E-state index in [9.17, 15) is 8.78 Å². The van der Waals surface area contributed by atoms with Crippen LogP contribution in [-0.2, 0) is 7.05 Å². The molecule has 0 aliphatic heterocycles. The third kappa shape index (κ3) is 3.67. The van der Waals surface area contributed by atoms with Crippen molar-refractivity contribution in [2.75, 3.05) is 0 Å². The molecule has 2 heterocycles. The van der Waals surface area contributed by atoms with Crippen LogP contribution >= 0.6 is 0 Å². The molecule has 7 rings (SSSR count). The van der Waals surface area contributed by atoms with Crippen molar-refractivity contribution in [1.29, 1.82) is 0 Å². The van der Waals surface area contributed by atoms with Gasteiger partial charge < -0.3 is 4.42 Å². The molecule has 0 saturated heterocycles. The first-order valence-electron chi connectivity index (χ1n) is 14.5. The molecule has 1 atom stereocenters. The van der Waals surface area contributed by atoms with Crippen molar-refractivity contribution in [3.63, 3.8) is 0 Å². The lowest BCUT2D eigenvalue weighted by atomic mass is 9.87. The quantitative estimate of drug-likeness (QED) is 0.214. The monoisotopic (exact) mass is 523 g/mol. The number of hydrogen-bond donors (Lipinski definition) is 0. The van der Waals surface area contributed by atoms with E-state index in [-0.39, 0.29) is 18.8 Å². The smallest absolute Gasteiger partial charge is 0.248 e. The number of para-hydroxylation sites is 1. The molecular formula is C35H34F2NO+. The van der Waals surface area contributed by atoms with Crippen molar-refractivity contribution < 1.29 is 19.1 Å². The van der Waals surface area contributed by atoms with E-state index in [2.05, 4.69) is 52.0 Å². The Balaban J connectivity index is 1.60. The fourth-order valence-electron chi connectivity index (χ4n) is 7.02. The van der Waals surface area contributed by atoms with Gasteiger partial charge in [-0.25, -0.2) is 13.3 Å². The van der Waals surface area contributed by atoms with Gasteiger partial charge in [-0.15, -0.1) is 0 Å². The summed E-state index contributed by atoms with van der Waals surface area (Å²) in [6, 6.07) is 16.5. The lowest BCUT2D eigenvalue weighted by Crippen LogP contribution is -2.32. The highest BCUT2D eigenvalue weighted by Gasteiger charge is 2.41. The Bertz CT molecular complexity index is 1910. The number of aryl methyl sites for hydroxylation is 1. The third-order valence-electron chi connectivity index (χ3n) is 8.97. The number of allylic oxidation sites excluding steroid dienone is 1. The fraction of sp³-hybridized carbons (Fsp3) is 0.343. The number of benzene rings is 3. The molecule has 39 heavy (non-hydrogen) atoms. The molecule has 0 spiro atoms. The van der Waals surface area contributed by atoms with Gasteiger partial charge in [0.05, 0.1) is 11.0 Å². The van der Waals surface area contributed by atoms with E-state index in [0.29, 0.717) is 18.5 Å². The topological polar surface area (TPSA) is 17.0 Å². The Morgan fingerprint density at radius 2 is 1.90 bits per heavy atom. The second kappa shape index (κ2) is 8.48. The number of nitrogens with zero attached hydrogens (tertiary/aromatic N) is 1. The molecule has 1 saturated carbocycles. The molecule has 5 aromatic rings. The Kier molecular flexibility index (Phi) is 5.08. The molecule has 1 fully saturated rings. The second-order valence-electron chi connectivity index (χ2n) is 12.1. The lowest BCUT2D eigenvalue weighted by Gasteiger charge is -2.16. The zero-order valence-corrected chi connectivity index (χ0v) is 23.2. The SMILES string of the molecule is [2H]c1cc2cc(C3CCC(F)(F)C3)cc3c2c([n+]1C)C(c1c(C)c(C)cc2c1oc1ccccc12)=C3CC(C)C. The van der Waals surface area contributed by atoms with Gasteiger partial charge in [-0.05, 0) is 83.9 Å². The van der Waals surface area contributed by atoms with Crippen LogP contribution in [0.5, 0.6) is 0 Å². The van der Waals surface area contributed by atoms with E-state index in [1.165, 1.54) is 11.1 Å². The molecular weight excluding hydrogens is 488 g/mol. The van der Waals surface area contributed by atoms with Crippen LogP contribution in [0.15, 0.2) is 59.1 Å². The minimum atomic E-state index is -2.61. The first-order valence-corrected chi connectivity index (χ1v) is 14.0. The van der Waals surface area contributed by atoms with Crippen LogP contribution in [0.3, 0.4) is 0 Å². The number of alkyl halides is 2. The molecule has 2 aromatic heterocycles. The molecule has 0 radical (unpaired) electrons. The summed E-state index contributed by atoms with van der Waals surface area (Å²) in [6.07, 6.45) is 1.57. The maximum atomic E-state index is 14.3. The summed E-state index contributed by atoms with van der Waals surface area (Å²) >= 11 is 0. The Hall–Kier alpha value is -3.53. The van der Waals surface area contributed by atoms with Crippen molar-refractivity contribution in [3.05, 3.63) is 88.2 Å². The fourth-order valence-corrected chi connectivity index (χ4v) is 7.02. The van der Waals surface area contributed by atoms with Crippen LogP contribution in [0.2, 0.25) is 0 Å². The molecule has 3 aromatic carbocycles. The van der Waals surface area contributed by atoms with Crippen molar-refractivity contribution >= 4 is 43.9 Å². The van der Waals surface area contributed by atoms with Crippen LogP contribution in [0.1, 0.15) is 80.3 Å². The Labute approximate surface area is 229 Å². The molecule has 4 heteroatoms. The summed E-state index contributed by atoms with van der Waals surface area (Å²) in [6.45, 7) is 8.76. The highest BCUT2D eigenvalue weighted by atomic mass is 19.3. The number of aromatic nitrogens is 1. The number of halogens is 2. The molecule has 2 nitrogen and oxygen atoms in total. The van der Waals surface area contributed by atoms with Crippen LogP contribution in [-0.4, -0.2) is 5.92 Å². The molecule has 198 valence electrons. The molecule has 0 N–H and O–H groups in total. The normalized spacial score (nSPS) is 18.9. The van der Waals surface area contributed by atoms with E-state index in [0.717, 1.165) is 72.7 Å². The minimum absolute atomic E-state index is 0.0593. The Morgan fingerprint density at radius 3 is 2.64 bits per heavy atom. The van der Waals surface area contributed by atoms with E-state index < -0.39 is 5.92 Å². The van der Waals surface area contributed by atoms with Crippen molar-refractivity contribution in [2.45, 2.75) is 65.2 Å². The first kappa shape index (κ1) is 23.4. The summed E-state index contributed by atoms with van der Waals surface area (Å²) < 4.78 is 46.1. The predicted octanol–water partition coefficient (Wildman–Crippen LogP) is 9.40. The first-order chi connectivity index (χ1) is 19.0. The third-order valence-corrected chi connectivity index (χ3v) is 8.97. The van der Waals surface area contributed by atoms with Crippen LogP contribution < -0.4 is 4.57 Å². The van der Waals surface area contributed by atoms with E-state index >= 15 is 0 Å². The summed E-state index contributed by atoms with van der Waals surface area (Å²) in [5.41, 5.74) is 10.6. The number of rotatable bonds is 4. The van der Waals surface area contributed by atoms with Gasteiger partial charge in [-0.1, -0.05) is 44.2 Å². The second-order valence-corrected chi connectivity index (χ2v) is 12.1. The van der Waals surface area contributed by atoms with Gasteiger partial charge in [0, 0.05) is 35.2 Å². The van der Waals surface area contributed by atoms with Crippen LogP contribution in [0, 0.1) is 19.8 Å². The maximum absolute atomic E-state index is 14.3. The van der Waals surface area contributed by atoms with Crippen molar-refractivity contribution in [3.8, 4) is 0 Å². The van der Waals surface area contributed by atoms with E-state index in [4.69, 9.17) is 5.79 Å². The average molecular weight is 524 g/mol. The zero-order valence-electron chi connectivity index (χ0n) is 24.2. The highest BCUT2D eigenvalue weighted by Crippen LogP contribution is 2.52. The summed E-state index contributed by atoms with van der Waals surface area (Å²) in [5.74, 6) is -2.40. The number of fused-ring (bicyclic) bond motifs is 3. The molecule has 2 aliphatic carbocycles. The summed E-state index contributed by atoms with van der Waals surface area (Å²) in [5, 5.41) is 4.26. The summed E-state index contributed by atoms with van der Waals surface area (Å²) in [4.78, 5) is 0. The highest BCUT2D eigenvalue weighted by molar-refractivity contribution is 6.20. The van der Waals surface area contributed by atoms with Gasteiger partial charge in [0.1, 0.15) is 19.6 Å². The minimum Gasteiger partial charge on any atom is -0.455 e. The van der Waals surface area contributed by atoms with Gasteiger partial charge in [0.15, 0.2) is 6.17 Å². The molecule has 0 amide bonds. The predicted molar refractivity (Wildman–Crippen MR) is 155 cm³/mol. The van der Waals surface area contributed by atoms with E-state index in [1.807, 2.05) is 35.9 Å². The average Bonchev–Trinajstić information content (AvgIpc) is 3.55. The van der Waals surface area contributed by atoms with Gasteiger partial charge >= 0.3 is 0 Å². The van der Waals surface area contributed by atoms with Gasteiger partial charge in [0.25, 0.3) is 0 Å². The van der Waals surface area contributed by atoms with Crippen LogP contribution in [0.4, 0.5) is 8.78 Å².